The molecule has 1 aromatic carbocycles. The number of ether oxygens (including phenoxy) is 1. The molecule has 0 aliphatic carbocycles. The molecule has 2 nitrogen and oxygen atoms in total. The second-order valence-electron chi connectivity index (χ2n) is 3.61. The van der Waals surface area contributed by atoms with Gasteiger partial charge >= 0.3 is 11.5 Å². The summed E-state index contributed by atoms with van der Waals surface area (Å²) in [7, 11) is 0. The topological polar surface area (TPSA) is 26.3 Å². The third-order valence-electron chi connectivity index (χ3n) is 2.13. The highest BCUT2D eigenvalue weighted by atomic mass is 32.2. The van der Waals surface area contributed by atoms with Crippen LogP contribution in [0.5, 0.6) is 0 Å². The highest BCUT2D eigenvalue weighted by Crippen LogP contribution is 2.42. The number of benzene rings is 1. The van der Waals surface area contributed by atoms with Crippen LogP contribution in [0.3, 0.4) is 0 Å². The van der Waals surface area contributed by atoms with Gasteiger partial charge in [-0.2, -0.15) is 13.2 Å². The lowest BCUT2D eigenvalue weighted by molar-refractivity contribution is -0.142. The molecule has 0 spiro atoms. The number of hydrogen-bond acceptors (Lipinski definition) is 3. The van der Waals surface area contributed by atoms with E-state index in [1.165, 1.54) is 12.1 Å². The van der Waals surface area contributed by atoms with Crippen LogP contribution < -0.4 is 0 Å². The number of alkyl halides is 3. The smallest absolute Gasteiger partial charge is 0.442 e. The van der Waals surface area contributed by atoms with Crippen LogP contribution in [0.15, 0.2) is 24.3 Å². The molecule has 0 aromatic heterocycles. The fourth-order valence-electron chi connectivity index (χ4n) is 1.35. The Hall–Kier alpha value is -1.17. The van der Waals surface area contributed by atoms with Crippen LogP contribution in [0, 0.1) is 6.92 Å². The zero-order valence-corrected chi connectivity index (χ0v) is 10.8. The maximum Gasteiger partial charge on any atom is 0.442 e. The Morgan fingerprint density at radius 2 is 1.89 bits per heavy atom. The summed E-state index contributed by atoms with van der Waals surface area (Å²) in [6, 6.07) is 6.35. The standard InChI is InChI=1S/C12H13F3O2S/c1-3-17-11(16)10(18-12(13,14)15)9-6-4-8(2)5-7-9/h4-7,10H,3H2,1-2H3/t10-/m1/s1. The SMILES string of the molecule is CCOC(=O)[C@H](SC(F)(F)F)c1ccc(C)cc1. The van der Waals surface area contributed by atoms with Crippen LogP contribution in [0.2, 0.25) is 0 Å². The third kappa shape index (κ3) is 4.60. The van der Waals surface area contributed by atoms with E-state index in [2.05, 4.69) is 4.74 Å². The van der Waals surface area contributed by atoms with Gasteiger partial charge in [-0.1, -0.05) is 29.8 Å². The number of esters is 1. The van der Waals surface area contributed by atoms with Crippen molar-refractivity contribution in [3.05, 3.63) is 35.4 Å². The quantitative estimate of drug-likeness (QED) is 0.782. The summed E-state index contributed by atoms with van der Waals surface area (Å²) >= 11 is -0.366. The minimum atomic E-state index is -4.48. The summed E-state index contributed by atoms with van der Waals surface area (Å²) in [5, 5.41) is -1.37. The van der Waals surface area contributed by atoms with Gasteiger partial charge in [0.05, 0.1) is 6.61 Å². The lowest BCUT2D eigenvalue weighted by Crippen LogP contribution is -2.17. The van der Waals surface area contributed by atoms with Crippen molar-refractivity contribution in [2.24, 2.45) is 0 Å². The molecule has 1 atom stereocenters. The van der Waals surface area contributed by atoms with Gasteiger partial charge in [0.25, 0.3) is 0 Å². The van der Waals surface area contributed by atoms with Gasteiger partial charge in [-0.05, 0) is 31.2 Å². The van der Waals surface area contributed by atoms with E-state index in [-0.39, 0.29) is 18.4 Å². The predicted octanol–water partition coefficient (Wildman–Crippen LogP) is 3.85. The highest BCUT2D eigenvalue weighted by molar-refractivity contribution is 8.01. The van der Waals surface area contributed by atoms with Gasteiger partial charge in [-0.25, -0.2) is 0 Å². The summed E-state index contributed by atoms with van der Waals surface area (Å²) in [5.41, 5.74) is -3.28. The van der Waals surface area contributed by atoms with Crippen LogP contribution in [0.25, 0.3) is 0 Å². The van der Waals surface area contributed by atoms with Crippen molar-refractivity contribution in [3.8, 4) is 0 Å². The average molecular weight is 278 g/mol. The molecular formula is C12H13F3O2S. The minimum Gasteiger partial charge on any atom is -0.465 e. The molecule has 0 saturated carbocycles. The van der Waals surface area contributed by atoms with E-state index in [4.69, 9.17) is 0 Å². The number of rotatable bonds is 4. The van der Waals surface area contributed by atoms with Crippen molar-refractivity contribution < 1.29 is 22.7 Å². The normalized spacial score (nSPS) is 13.2. The molecule has 0 amide bonds. The van der Waals surface area contributed by atoms with E-state index < -0.39 is 16.7 Å². The number of halogens is 3. The van der Waals surface area contributed by atoms with Crippen LogP contribution in [0.1, 0.15) is 23.3 Å². The molecular weight excluding hydrogens is 265 g/mol. The predicted molar refractivity (Wildman–Crippen MR) is 64.2 cm³/mol. The van der Waals surface area contributed by atoms with Crippen molar-refractivity contribution in [1.29, 1.82) is 0 Å². The highest BCUT2D eigenvalue weighted by Gasteiger charge is 2.38. The van der Waals surface area contributed by atoms with Gasteiger partial charge in [-0.3, -0.25) is 4.79 Å². The summed E-state index contributed by atoms with van der Waals surface area (Å²) in [4.78, 5) is 11.6. The maximum atomic E-state index is 12.4. The van der Waals surface area contributed by atoms with Crippen molar-refractivity contribution >= 4 is 17.7 Å². The molecule has 1 rings (SSSR count). The van der Waals surface area contributed by atoms with Crippen LogP contribution in [-0.2, 0) is 9.53 Å². The van der Waals surface area contributed by atoms with E-state index >= 15 is 0 Å². The van der Waals surface area contributed by atoms with E-state index in [0.717, 1.165) is 5.56 Å². The summed E-state index contributed by atoms with van der Waals surface area (Å²) in [5.74, 6) is -0.872. The summed E-state index contributed by atoms with van der Waals surface area (Å²) < 4.78 is 42.0. The molecule has 0 aliphatic rings. The van der Waals surface area contributed by atoms with E-state index in [9.17, 15) is 18.0 Å². The lowest BCUT2D eigenvalue weighted by Gasteiger charge is -2.17. The molecule has 0 saturated heterocycles. The Balaban J connectivity index is 2.96. The Morgan fingerprint density at radius 1 is 1.33 bits per heavy atom. The molecule has 18 heavy (non-hydrogen) atoms. The Labute approximate surface area is 108 Å². The van der Waals surface area contributed by atoms with E-state index in [1.807, 2.05) is 6.92 Å². The number of aryl methyl sites for hydroxylation is 1. The average Bonchev–Trinajstić information content (AvgIpc) is 2.26. The van der Waals surface area contributed by atoms with E-state index in [0.29, 0.717) is 5.56 Å². The van der Waals surface area contributed by atoms with Crippen LogP contribution in [-0.4, -0.2) is 18.1 Å². The maximum absolute atomic E-state index is 12.4. The molecule has 0 unspecified atom stereocenters. The van der Waals surface area contributed by atoms with Crippen molar-refractivity contribution in [1.82, 2.24) is 0 Å². The fraction of sp³-hybridized carbons (Fsp3) is 0.417. The zero-order valence-electron chi connectivity index (χ0n) is 9.95. The number of hydrogen-bond donors (Lipinski definition) is 0. The second-order valence-corrected chi connectivity index (χ2v) is 4.78. The monoisotopic (exact) mass is 278 g/mol. The molecule has 0 fully saturated rings. The first-order chi connectivity index (χ1) is 8.33. The lowest BCUT2D eigenvalue weighted by atomic mass is 10.1. The van der Waals surface area contributed by atoms with Gasteiger partial charge < -0.3 is 4.74 Å². The van der Waals surface area contributed by atoms with Crippen molar-refractivity contribution in [3.63, 3.8) is 0 Å². The molecule has 100 valence electrons. The summed E-state index contributed by atoms with van der Waals surface area (Å²) in [6.07, 6.45) is 0. The molecule has 1 aromatic rings. The van der Waals surface area contributed by atoms with Gasteiger partial charge in [0.1, 0.15) is 5.25 Å². The first kappa shape index (κ1) is 14.9. The largest absolute Gasteiger partial charge is 0.465 e. The molecule has 0 radical (unpaired) electrons. The zero-order chi connectivity index (χ0) is 13.8. The van der Waals surface area contributed by atoms with E-state index in [1.54, 1.807) is 19.1 Å². The Kier molecular flexibility index (Phi) is 5.07. The Morgan fingerprint density at radius 3 is 2.33 bits per heavy atom. The Bertz CT molecular complexity index is 401. The van der Waals surface area contributed by atoms with Crippen LogP contribution >= 0.6 is 11.8 Å². The van der Waals surface area contributed by atoms with Crippen LogP contribution in [0.4, 0.5) is 13.2 Å². The molecule has 0 bridgehead atoms. The number of carbonyl (C=O) groups excluding carboxylic acids is 1. The number of thioether (sulfide) groups is 1. The summed E-state index contributed by atoms with van der Waals surface area (Å²) in [6.45, 7) is 3.43. The fourth-order valence-corrected chi connectivity index (χ4v) is 2.07. The number of carbonyl (C=O) groups is 1. The van der Waals surface area contributed by atoms with Gasteiger partial charge in [0.15, 0.2) is 0 Å². The minimum absolute atomic E-state index is 0.0552. The van der Waals surface area contributed by atoms with Gasteiger partial charge in [0.2, 0.25) is 0 Å². The first-order valence-electron chi connectivity index (χ1n) is 5.31. The van der Waals surface area contributed by atoms with Gasteiger partial charge in [0, 0.05) is 0 Å². The third-order valence-corrected chi connectivity index (χ3v) is 3.10. The molecule has 6 heteroatoms. The second kappa shape index (κ2) is 6.13. The first-order valence-corrected chi connectivity index (χ1v) is 6.19. The van der Waals surface area contributed by atoms with Crippen molar-refractivity contribution in [2.45, 2.75) is 24.6 Å². The van der Waals surface area contributed by atoms with Gasteiger partial charge in [-0.15, -0.1) is 0 Å². The molecule has 0 N–H and O–H groups in total. The molecule has 0 heterocycles. The molecule has 0 aliphatic heterocycles. The van der Waals surface area contributed by atoms with Crippen molar-refractivity contribution in [2.75, 3.05) is 6.61 Å².